The Hall–Kier alpha value is -1.36. The lowest BCUT2D eigenvalue weighted by Crippen LogP contribution is -2.66. The van der Waals surface area contributed by atoms with Gasteiger partial charge in [0.15, 0.2) is 0 Å². The van der Waals surface area contributed by atoms with Crippen molar-refractivity contribution in [3.05, 3.63) is 12.2 Å². The summed E-state index contributed by atoms with van der Waals surface area (Å²) >= 11 is 0. The average molecular weight is 682 g/mol. The van der Waals surface area contributed by atoms with Crippen molar-refractivity contribution in [3.63, 3.8) is 0 Å². The molecule has 0 saturated heterocycles. The van der Waals surface area contributed by atoms with Gasteiger partial charge in [0.1, 0.15) is 6.10 Å². The van der Waals surface area contributed by atoms with Crippen molar-refractivity contribution in [2.75, 3.05) is 19.6 Å². The van der Waals surface area contributed by atoms with Gasteiger partial charge in [-0.05, 0) is 167 Å². The summed E-state index contributed by atoms with van der Waals surface area (Å²) < 4.78 is 6.30. The van der Waals surface area contributed by atoms with Crippen molar-refractivity contribution >= 4 is 11.9 Å². The van der Waals surface area contributed by atoms with Crippen LogP contribution in [0.25, 0.3) is 0 Å². The SMILES string of the molecule is C=C(C)C1CC[C@]2(CCN(CCC)CCC)CC[C@]3(C)[C@H](CCC4[C@@]5(C)CCC(OC(=O)CC(C)(C)CC(=O)O)C(C)(C)C5CC[C@]43C)C12. The number of esters is 1. The lowest BCUT2D eigenvalue weighted by molar-refractivity contribution is -0.250. The van der Waals surface area contributed by atoms with E-state index in [2.05, 4.69) is 66.9 Å². The van der Waals surface area contributed by atoms with Gasteiger partial charge in [-0.25, -0.2) is 0 Å². The summed E-state index contributed by atoms with van der Waals surface area (Å²) in [6.07, 6.45) is 16.6. The Morgan fingerprint density at radius 3 is 2.10 bits per heavy atom. The highest BCUT2D eigenvalue weighted by molar-refractivity contribution is 5.73. The number of carbonyl (C=O) groups is 2. The van der Waals surface area contributed by atoms with Crippen LogP contribution in [-0.4, -0.2) is 47.7 Å². The fourth-order valence-electron chi connectivity index (χ4n) is 14.3. The number of carbonyl (C=O) groups excluding carboxylic acids is 1. The first-order valence-corrected chi connectivity index (χ1v) is 20.6. The van der Waals surface area contributed by atoms with E-state index in [1.165, 1.54) is 95.8 Å². The number of carboxylic acid groups (broad SMARTS) is 1. The van der Waals surface area contributed by atoms with Crippen LogP contribution in [-0.2, 0) is 14.3 Å². The second-order valence-electron chi connectivity index (χ2n) is 20.4. The van der Waals surface area contributed by atoms with E-state index in [4.69, 9.17) is 4.74 Å². The normalized spacial score (nSPS) is 41.3. The molecule has 10 atom stereocenters. The Morgan fingerprint density at radius 1 is 0.816 bits per heavy atom. The second kappa shape index (κ2) is 13.9. The van der Waals surface area contributed by atoms with Gasteiger partial charge in [-0.1, -0.05) is 74.5 Å². The monoisotopic (exact) mass is 682 g/mol. The van der Waals surface area contributed by atoms with Crippen LogP contribution in [0.4, 0.5) is 0 Å². The number of allylic oxidation sites excluding steroid dienone is 1. The lowest BCUT2D eigenvalue weighted by Gasteiger charge is -2.73. The van der Waals surface area contributed by atoms with Gasteiger partial charge >= 0.3 is 11.9 Å². The molecule has 0 spiro atoms. The largest absolute Gasteiger partial charge is 0.481 e. The van der Waals surface area contributed by atoms with E-state index < -0.39 is 11.4 Å². The average Bonchev–Trinajstić information content (AvgIpc) is 3.37. The summed E-state index contributed by atoms with van der Waals surface area (Å²) in [5, 5.41) is 9.35. The predicted molar refractivity (Wildman–Crippen MR) is 201 cm³/mol. The maximum atomic E-state index is 13.2. The van der Waals surface area contributed by atoms with Gasteiger partial charge in [0.05, 0.1) is 12.8 Å². The molecule has 0 heterocycles. The van der Waals surface area contributed by atoms with Gasteiger partial charge in [-0.2, -0.15) is 0 Å². The molecule has 5 aliphatic rings. The smallest absolute Gasteiger partial charge is 0.306 e. The fraction of sp³-hybridized carbons (Fsp3) is 0.909. The molecule has 5 aliphatic carbocycles. The zero-order valence-electron chi connectivity index (χ0n) is 33.5. The van der Waals surface area contributed by atoms with Crippen LogP contribution in [0.2, 0.25) is 0 Å². The highest BCUT2D eigenvalue weighted by atomic mass is 16.5. The Morgan fingerprint density at radius 2 is 1.49 bits per heavy atom. The van der Waals surface area contributed by atoms with Crippen LogP contribution in [0.5, 0.6) is 0 Å². The summed E-state index contributed by atoms with van der Waals surface area (Å²) in [6.45, 7) is 32.0. The summed E-state index contributed by atoms with van der Waals surface area (Å²) in [5.74, 6) is 2.32. The highest BCUT2D eigenvalue weighted by Crippen LogP contribution is 2.78. The Kier molecular flexibility index (Phi) is 11.0. The van der Waals surface area contributed by atoms with Gasteiger partial charge in [0, 0.05) is 5.41 Å². The van der Waals surface area contributed by atoms with E-state index in [0.717, 1.165) is 24.7 Å². The van der Waals surface area contributed by atoms with Crippen LogP contribution < -0.4 is 0 Å². The minimum absolute atomic E-state index is 0.0257. The quantitative estimate of drug-likeness (QED) is 0.155. The Balaban J connectivity index is 1.38. The van der Waals surface area contributed by atoms with Gasteiger partial charge in [-0.15, -0.1) is 0 Å². The van der Waals surface area contributed by atoms with Crippen molar-refractivity contribution in [1.29, 1.82) is 0 Å². The topological polar surface area (TPSA) is 66.8 Å². The van der Waals surface area contributed by atoms with Gasteiger partial charge in [-0.3, -0.25) is 9.59 Å². The van der Waals surface area contributed by atoms with E-state index in [0.29, 0.717) is 34.0 Å². The van der Waals surface area contributed by atoms with E-state index in [-0.39, 0.29) is 35.7 Å². The van der Waals surface area contributed by atoms with Crippen molar-refractivity contribution in [2.24, 2.45) is 62.1 Å². The number of carboxylic acids is 1. The molecular weight excluding hydrogens is 606 g/mol. The standard InChI is InChI=1S/C44H75NO4/c1-12-25-45(26-13-2)27-24-44-21-16-31(30(3)4)38(44)32-14-15-34-41(9)19-18-35(49-37(48)29-39(5,6)28-36(46)47)40(7,8)33(41)17-20-43(34,11)42(32,10)22-23-44/h31-35,38H,3,12-29H2,1-2,4-11H3,(H,46,47)/t31?,32-,33?,34?,35?,38?,41+,42-,43-,44-/m1/s1. The van der Waals surface area contributed by atoms with Crippen LogP contribution in [0.15, 0.2) is 12.2 Å². The molecule has 0 radical (unpaired) electrons. The first-order chi connectivity index (χ1) is 22.8. The molecule has 0 aromatic carbocycles. The third-order valence-corrected chi connectivity index (χ3v) is 16.7. The molecule has 0 aliphatic heterocycles. The minimum atomic E-state index is -0.863. The van der Waals surface area contributed by atoms with Crippen LogP contribution in [0.1, 0.15) is 166 Å². The maximum absolute atomic E-state index is 13.2. The maximum Gasteiger partial charge on any atom is 0.306 e. The molecule has 5 unspecified atom stereocenters. The molecule has 49 heavy (non-hydrogen) atoms. The number of fused-ring (bicyclic) bond motifs is 7. The lowest BCUT2D eigenvalue weighted by atomic mass is 9.32. The molecule has 0 aromatic rings. The molecule has 5 rings (SSSR count). The molecule has 0 aromatic heterocycles. The van der Waals surface area contributed by atoms with Crippen LogP contribution in [0.3, 0.4) is 0 Å². The number of aliphatic carboxylic acids is 1. The van der Waals surface area contributed by atoms with E-state index in [9.17, 15) is 14.7 Å². The molecule has 5 fully saturated rings. The zero-order chi connectivity index (χ0) is 36.2. The number of rotatable bonds is 13. The molecule has 5 nitrogen and oxygen atoms in total. The van der Waals surface area contributed by atoms with Crippen LogP contribution in [0, 0.1) is 62.1 Å². The Labute approximate surface area is 301 Å². The first-order valence-electron chi connectivity index (χ1n) is 20.6. The first kappa shape index (κ1) is 38.9. The van der Waals surface area contributed by atoms with Crippen molar-refractivity contribution in [2.45, 2.75) is 172 Å². The molecule has 0 bridgehead atoms. The summed E-state index contributed by atoms with van der Waals surface area (Å²) in [6, 6.07) is 0. The molecule has 280 valence electrons. The van der Waals surface area contributed by atoms with Crippen molar-refractivity contribution in [3.8, 4) is 0 Å². The van der Waals surface area contributed by atoms with Gasteiger partial charge in [0.25, 0.3) is 0 Å². The van der Waals surface area contributed by atoms with Gasteiger partial charge < -0.3 is 14.7 Å². The summed E-state index contributed by atoms with van der Waals surface area (Å²) in [5.41, 5.74) is 2.08. The van der Waals surface area contributed by atoms with Crippen LogP contribution >= 0.6 is 0 Å². The number of hydrogen-bond donors (Lipinski definition) is 1. The third kappa shape index (κ3) is 6.72. The molecular formula is C44H75NO4. The minimum Gasteiger partial charge on any atom is -0.481 e. The molecule has 0 amide bonds. The number of ether oxygens (including phenoxy) is 1. The predicted octanol–water partition coefficient (Wildman–Crippen LogP) is 11.0. The Bertz CT molecular complexity index is 1230. The zero-order valence-corrected chi connectivity index (χ0v) is 33.5. The van der Waals surface area contributed by atoms with E-state index in [1.54, 1.807) is 0 Å². The van der Waals surface area contributed by atoms with Crippen molar-refractivity contribution in [1.82, 2.24) is 4.90 Å². The number of nitrogens with zero attached hydrogens (tertiary/aromatic N) is 1. The van der Waals surface area contributed by atoms with E-state index >= 15 is 0 Å². The summed E-state index contributed by atoms with van der Waals surface area (Å²) in [4.78, 5) is 27.4. The highest BCUT2D eigenvalue weighted by Gasteiger charge is 2.71. The van der Waals surface area contributed by atoms with Gasteiger partial charge in [0.2, 0.25) is 0 Å². The molecule has 5 heteroatoms. The number of hydrogen-bond acceptors (Lipinski definition) is 4. The second-order valence-corrected chi connectivity index (χ2v) is 20.4. The summed E-state index contributed by atoms with van der Waals surface area (Å²) in [7, 11) is 0. The third-order valence-electron chi connectivity index (χ3n) is 16.7. The molecule has 1 N–H and O–H groups in total. The fourth-order valence-corrected chi connectivity index (χ4v) is 14.3. The van der Waals surface area contributed by atoms with Crippen molar-refractivity contribution < 1.29 is 19.4 Å². The molecule has 5 saturated carbocycles. The van der Waals surface area contributed by atoms with E-state index in [1.807, 2.05) is 13.8 Å².